The van der Waals surface area contributed by atoms with Crippen molar-refractivity contribution in [1.82, 2.24) is 15.5 Å². The van der Waals surface area contributed by atoms with Crippen LogP contribution < -0.4 is 10.6 Å². The molecule has 1 aliphatic heterocycles. The molecule has 1 aliphatic rings. The molecule has 1 aromatic carbocycles. The second-order valence-electron chi connectivity index (χ2n) is 7.77. The SMILES string of the molecule is CN=C(NCCC1CCN(CC(F)(F)F)CC1)NCc1oc2ccc(F)cc2c1C. The van der Waals surface area contributed by atoms with Crippen LogP contribution in [0.1, 0.15) is 30.6 Å². The molecule has 5 nitrogen and oxygen atoms in total. The minimum absolute atomic E-state index is 0.298. The van der Waals surface area contributed by atoms with E-state index < -0.39 is 12.7 Å². The fourth-order valence-corrected chi connectivity index (χ4v) is 3.88. The van der Waals surface area contributed by atoms with Gasteiger partial charge >= 0.3 is 6.18 Å². The van der Waals surface area contributed by atoms with Gasteiger partial charge in [0.05, 0.1) is 13.1 Å². The summed E-state index contributed by atoms with van der Waals surface area (Å²) in [5, 5.41) is 7.19. The van der Waals surface area contributed by atoms with Gasteiger partial charge in [-0.3, -0.25) is 9.89 Å². The van der Waals surface area contributed by atoms with Gasteiger partial charge in [0, 0.05) is 24.5 Å². The number of guanidine groups is 1. The highest BCUT2D eigenvalue weighted by Gasteiger charge is 2.32. The molecule has 0 atom stereocenters. The van der Waals surface area contributed by atoms with E-state index in [2.05, 4.69) is 15.6 Å². The molecule has 166 valence electrons. The smallest absolute Gasteiger partial charge is 0.401 e. The summed E-state index contributed by atoms with van der Waals surface area (Å²) in [4.78, 5) is 5.67. The lowest BCUT2D eigenvalue weighted by molar-refractivity contribution is -0.148. The van der Waals surface area contributed by atoms with Crippen LogP contribution in [0.4, 0.5) is 17.6 Å². The van der Waals surface area contributed by atoms with Crippen LogP contribution in [-0.2, 0) is 6.54 Å². The molecule has 2 aromatic rings. The highest BCUT2D eigenvalue weighted by molar-refractivity contribution is 5.83. The number of rotatable bonds is 6. The van der Waals surface area contributed by atoms with E-state index in [1.54, 1.807) is 13.1 Å². The molecule has 0 amide bonds. The summed E-state index contributed by atoms with van der Waals surface area (Å²) >= 11 is 0. The molecule has 0 unspecified atom stereocenters. The van der Waals surface area contributed by atoms with E-state index in [9.17, 15) is 17.6 Å². The number of aliphatic imine (C=N–C) groups is 1. The van der Waals surface area contributed by atoms with E-state index in [0.717, 1.165) is 36.0 Å². The van der Waals surface area contributed by atoms with E-state index >= 15 is 0 Å². The van der Waals surface area contributed by atoms with Crippen molar-refractivity contribution < 1.29 is 22.0 Å². The molecule has 9 heteroatoms. The molecule has 3 rings (SSSR count). The molecule has 0 radical (unpaired) electrons. The van der Waals surface area contributed by atoms with Crippen LogP contribution in [0, 0.1) is 18.7 Å². The largest absolute Gasteiger partial charge is 0.459 e. The fraction of sp³-hybridized carbons (Fsp3) is 0.571. The number of halogens is 4. The topological polar surface area (TPSA) is 52.8 Å². The molecule has 0 aliphatic carbocycles. The van der Waals surface area contributed by atoms with E-state index in [0.29, 0.717) is 43.6 Å². The van der Waals surface area contributed by atoms with Crippen molar-refractivity contribution in [2.45, 2.75) is 38.9 Å². The Balaban J connectivity index is 1.41. The number of fused-ring (bicyclic) bond motifs is 1. The summed E-state index contributed by atoms with van der Waals surface area (Å²) in [6.07, 6.45) is -1.69. The number of benzene rings is 1. The van der Waals surface area contributed by atoms with Crippen LogP contribution >= 0.6 is 0 Å². The summed E-state index contributed by atoms with van der Waals surface area (Å²) in [6.45, 7) is 3.16. The Bertz CT molecular complexity index is 870. The van der Waals surface area contributed by atoms with Crippen LogP contribution in [0.25, 0.3) is 11.0 Å². The van der Waals surface area contributed by atoms with Crippen LogP contribution in [0.3, 0.4) is 0 Å². The highest BCUT2D eigenvalue weighted by Crippen LogP contribution is 2.26. The Kier molecular flexibility index (Phi) is 7.23. The van der Waals surface area contributed by atoms with Crippen LogP contribution in [0.2, 0.25) is 0 Å². The first-order valence-electron chi connectivity index (χ1n) is 10.2. The van der Waals surface area contributed by atoms with Crippen LogP contribution in [0.5, 0.6) is 0 Å². The van der Waals surface area contributed by atoms with Crippen molar-refractivity contribution in [3.63, 3.8) is 0 Å². The molecule has 0 saturated carbocycles. The molecule has 0 bridgehead atoms. The third-order valence-electron chi connectivity index (χ3n) is 5.59. The number of likely N-dealkylation sites (tertiary alicyclic amines) is 1. The number of hydrogen-bond donors (Lipinski definition) is 2. The lowest BCUT2D eigenvalue weighted by Gasteiger charge is -2.32. The second-order valence-corrected chi connectivity index (χ2v) is 7.77. The standard InChI is InChI=1S/C21H28F4N4O/c1-14-17-11-16(22)3-4-18(17)30-19(14)12-28-20(26-2)27-8-5-15-6-9-29(10-7-15)13-21(23,24)25/h3-4,11,15H,5-10,12-13H2,1-2H3,(H2,26,27,28). The van der Waals surface area contributed by atoms with Gasteiger partial charge in [-0.2, -0.15) is 13.2 Å². The predicted molar refractivity (Wildman–Crippen MR) is 109 cm³/mol. The van der Waals surface area contributed by atoms with Crippen molar-refractivity contribution in [2.75, 3.05) is 33.2 Å². The van der Waals surface area contributed by atoms with Crippen molar-refractivity contribution in [3.8, 4) is 0 Å². The molecular weight excluding hydrogens is 400 g/mol. The second kappa shape index (κ2) is 9.68. The van der Waals surface area contributed by atoms with E-state index in [1.165, 1.54) is 17.0 Å². The molecule has 0 spiro atoms. The number of piperidine rings is 1. The third-order valence-corrected chi connectivity index (χ3v) is 5.59. The quantitative estimate of drug-likeness (QED) is 0.411. The van der Waals surface area contributed by atoms with Crippen molar-refractivity contribution in [1.29, 1.82) is 0 Å². The maximum Gasteiger partial charge on any atom is 0.401 e. The Morgan fingerprint density at radius 1 is 1.23 bits per heavy atom. The third kappa shape index (κ3) is 6.10. The van der Waals surface area contributed by atoms with Gasteiger partial charge < -0.3 is 15.1 Å². The van der Waals surface area contributed by atoms with Crippen molar-refractivity contribution in [3.05, 3.63) is 35.3 Å². The van der Waals surface area contributed by atoms with E-state index in [-0.39, 0.29) is 5.82 Å². The Morgan fingerprint density at radius 3 is 2.63 bits per heavy atom. The normalized spacial score (nSPS) is 16.9. The van der Waals surface area contributed by atoms with Gasteiger partial charge in [0.25, 0.3) is 0 Å². The van der Waals surface area contributed by atoms with Gasteiger partial charge in [0.15, 0.2) is 5.96 Å². The van der Waals surface area contributed by atoms with Crippen molar-refractivity contribution >= 4 is 16.9 Å². The number of furan rings is 1. The minimum Gasteiger partial charge on any atom is -0.459 e. The Morgan fingerprint density at radius 2 is 1.97 bits per heavy atom. The van der Waals surface area contributed by atoms with Gasteiger partial charge in [0.1, 0.15) is 17.2 Å². The number of hydrogen-bond acceptors (Lipinski definition) is 3. The maximum absolute atomic E-state index is 13.4. The van der Waals surface area contributed by atoms with Gasteiger partial charge in [0.2, 0.25) is 0 Å². The number of alkyl halides is 3. The first-order chi connectivity index (χ1) is 14.2. The summed E-state index contributed by atoms with van der Waals surface area (Å²) in [5.74, 6) is 1.45. The molecule has 1 saturated heterocycles. The molecule has 30 heavy (non-hydrogen) atoms. The Labute approximate surface area is 173 Å². The summed E-state index contributed by atoms with van der Waals surface area (Å²) in [7, 11) is 1.67. The van der Waals surface area contributed by atoms with Crippen LogP contribution in [0.15, 0.2) is 27.6 Å². The monoisotopic (exact) mass is 428 g/mol. The summed E-state index contributed by atoms with van der Waals surface area (Å²) in [6, 6.07) is 4.45. The first kappa shape index (κ1) is 22.4. The molecule has 2 N–H and O–H groups in total. The van der Waals surface area contributed by atoms with Gasteiger partial charge in [-0.15, -0.1) is 0 Å². The number of nitrogens with zero attached hydrogens (tertiary/aromatic N) is 2. The minimum atomic E-state index is -4.13. The van der Waals surface area contributed by atoms with Gasteiger partial charge in [-0.1, -0.05) is 0 Å². The van der Waals surface area contributed by atoms with E-state index in [4.69, 9.17) is 4.42 Å². The van der Waals surface area contributed by atoms with Crippen LogP contribution in [-0.4, -0.2) is 50.3 Å². The van der Waals surface area contributed by atoms with E-state index in [1.807, 2.05) is 6.92 Å². The predicted octanol–water partition coefficient (Wildman–Crippen LogP) is 4.21. The Hall–Kier alpha value is -2.29. The zero-order valence-electron chi connectivity index (χ0n) is 17.3. The zero-order chi connectivity index (χ0) is 21.7. The van der Waals surface area contributed by atoms with Crippen molar-refractivity contribution in [2.24, 2.45) is 10.9 Å². The molecular formula is C21H28F4N4O. The maximum atomic E-state index is 13.4. The first-order valence-corrected chi connectivity index (χ1v) is 10.2. The average Bonchev–Trinajstić information content (AvgIpc) is 3.00. The highest BCUT2D eigenvalue weighted by atomic mass is 19.4. The number of nitrogens with one attached hydrogen (secondary N) is 2. The molecule has 1 fully saturated rings. The summed E-state index contributed by atoms with van der Waals surface area (Å²) < 4.78 is 56.7. The van der Waals surface area contributed by atoms with Gasteiger partial charge in [-0.25, -0.2) is 4.39 Å². The summed E-state index contributed by atoms with van der Waals surface area (Å²) in [5.41, 5.74) is 1.53. The fourth-order valence-electron chi connectivity index (χ4n) is 3.88. The molecule has 1 aromatic heterocycles. The average molecular weight is 428 g/mol. The number of aryl methyl sites for hydroxylation is 1. The lowest BCUT2D eigenvalue weighted by atomic mass is 9.93. The zero-order valence-corrected chi connectivity index (χ0v) is 17.3. The van der Waals surface area contributed by atoms with Gasteiger partial charge in [-0.05, 0) is 63.4 Å². The molecule has 2 heterocycles. The lowest BCUT2D eigenvalue weighted by Crippen LogP contribution is -2.41.